The van der Waals surface area contributed by atoms with Crippen LogP contribution in [-0.4, -0.2) is 27.6 Å². The van der Waals surface area contributed by atoms with Crippen LogP contribution >= 0.6 is 0 Å². The van der Waals surface area contributed by atoms with Crippen molar-refractivity contribution in [2.45, 2.75) is 25.8 Å². The molecule has 0 aliphatic carbocycles. The molecular formula is C14H20N4. The lowest BCUT2D eigenvalue weighted by molar-refractivity contribution is 0.516. The van der Waals surface area contributed by atoms with E-state index >= 15 is 0 Å². The molecule has 2 rings (SSSR count). The lowest BCUT2D eigenvalue weighted by atomic mass is 10.0. The zero-order valence-corrected chi connectivity index (χ0v) is 11.0. The van der Waals surface area contributed by atoms with Gasteiger partial charge in [0, 0.05) is 25.7 Å². The number of aromatic nitrogens is 3. The lowest BCUT2D eigenvalue weighted by Crippen LogP contribution is -2.33. The van der Waals surface area contributed by atoms with Crippen molar-refractivity contribution in [3.63, 3.8) is 0 Å². The molecule has 1 unspecified atom stereocenters. The molecule has 1 heterocycles. The van der Waals surface area contributed by atoms with Gasteiger partial charge in [-0.15, -0.1) is 5.10 Å². The van der Waals surface area contributed by atoms with Crippen molar-refractivity contribution in [1.82, 2.24) is 20.3 Å². The van der Waals surface area contributed by atoms with Crippen LogP contribution in [0, 0.1) is 0 Å². The van der Waals surface area contributed by atoms with E-state index in [1.807, 2.05) is 13.2 Å². The number of nitrogens with one attached hydrogen (secondary N) is 1. The van der Waals surface area contributed by atoms with Crippen LogP contribution in [-0.2, 0) is 19.9 Å². The average Bonchev–Trinajstić information content (AvgIpc) is 2.76. The molecule has 4 heteroatoms. The summed E-state index contributed by atoms with van der Waals surface area (Å²) in [4.78, 5) is 0. The number of aryl methyl sites for hydroxylation is 1. The quantitative estimate of drug-likeness (QED) is 0.839. The first-order valence-corrected chi connectivity index (χ1v) is 6.40. The summed E-state index contributed by atoms with van der Waals surface area (Å²) < 4.78 is 1.75. The molecule has 0 spiro atoms. The molecule has 1 aromatic heterocycles. The lowest BCUT2D eigenvalue weighted by Gasteiger charge is -2.16. The van der Waals surface area contributed by atoms with Crippen LogP contribution in [0.3, 0.4) is 0 Å². The van der Waals surface area contributed by atoms with Crippen LogP contribution in [0.2, 0.25) is 0 Å². The monoisotopic (exact) mass is 244 g/mol. The van der Waals surface area contributed by atoms with Crippen LogP contribution in [0.25, 0.3) is 0 Å². The Kier molecular flexibility index (Phi) is 4.47. The number of hydrogen-bond acceptors (Lipinski definition) is 3. The van der Waals surface area contributed by atoms with Crippen LogP contribution in [0.1, 0.15) is 18.2 Å². The first-order chi connectivity index (χ1) is 8.78. The smallest absolute Gasteiger partial charge is 0.0842 e. The fraction of sp³-hybridized carbons (Fsp3) is 0.429. The number of benzene rings is 1. The molecule has 96 valence electrons. The number of nitrogens with zero attached hydrogens (tertiary/aromatic N) is 3. The van der Waals surface area contributed by atoms with E-state index in [0.29, 0.717) is 6.04 Å². The highest BCUT2D eigenvalue weighted by Gasteiger charge is 2.11. The van der Waals surface area contributed by atoms with Crippen LogP contribution in [0.5, 0.6) is 0 Å². The Morgan fingerprint density at radius 3 is 2.61 bits per heavy atom. The van der Waals surface area contributed by atoms with E-state index in [-0.39, 0.29) is 0 Å². The summed E-state index contributed by atoms with van der Waals surface area (Å²) in [6.07, 6.45) is 3.91. The van der Waals surface area contributed by atoms with Gasteiger partial charge in [0.05, 0.1) is 5.69 Å². The second kappa shape index (κ2) is 6.31. The van der Waals surface area contributed by atoms with Crippen molar-refractivity contribution in [2.75, 3.05) is 6.54 Å². The zero-order chi connectivity index (χ0) is 12.8. The molecule has 0 fully saturated rings. The van der Waals surface area contributed by atoms with Crippen molar-refractivity contribution in [3.8, 4) is 0 Å². The van der Waals surface area contributed by atoms with Gasteiger partial charge in [0.2, 0.25) is 0 Å². The summed E-state index contributed by atoms with van der Waals surface area (Å²) in [6, 6.07) is 11.0. The van der Waals surface area contributed by atoms with Gasteiger partial charge in [0.1, 0.15) is 0 Å². The molecular weight excluding hydrogens is 224 g/mol. The van der Waals surface area contributed by atoms with Crippen molar-refractivity contribution < 1.29 is 0 Å². The van der Waals surface area contributed by atoms with Crippen LogP contribution in [0.15, 0.2) is 36.5 Å². The van der Waals surface area contributed by atoms with E-state index < -0.39 is 0 Å². The summed E-state index contributed by atoms with van der Waals surface area (Å²) in [6.45, 7) is 3.10. The molecule has 4 nitrogen and oxygen atoms in total. The maximum Gasteiger partial charge on any atom is 0.0842 e. The maximum atomic E-state index is 4.15. The second-order valence-corrected chi connectivity index (χ2v) is 4.53. The predicted octanol–water partition coefficient (Wildman–Crippen LogP) is 1.58. The van der Waals surface area contributed by atoms with Gasteiger partial charge in [-0.05, 0) is 18.5 Å². The van der Waals surface area contributed by atoms with Gasteiger partial charge in [-0.3, -0.25) is 4.68 Å². The SMILES string of the molecule is CCNC(Cc1ccccc1)Cc1cn(C)nn1. The molecule has 1 atom stereocenters. The zero-order valence-electron chi connectivity index (χ0n) is 11.0. The van der Waals surface area contributed by atoms with E-state index in [4.69, 9.17) is 0 Å². The normalized spacial score (nSPS) is 12.6. The molecule has 0 aliphatic rings. The van der Waals surface area contributed by atoms with Crippen LogP contribution in [0.4, 0.5) is 0 Å². The first-order valence-electron chi connectivity index (χ1n) is 6.40. The molecule has 18 heavy (non-hydrogen) atoms. The molecule has 0 bridgehead atoms. The molecule has 2 aromatic rings. The molecule has 1 N–H and O–H groups in total. The third-order valence-corrected chi connectivity index (χ3v) is 2.92. The molecule has 0 aliphatic heterocycles. The summed E-state index contributed by atoms with van der Waals surface area (Å²) >= 11 is 0. The molecule has 0 saturated heterocycles. The van der Waals surface area contributed by atoms with Gasteiger partial charge in [-0.1, -0.05) is 42.5 Å². The van der Waals surface area contributed by atoms with Crippen molar-refractivity contribution in [2.24, 2.45) is 7.05 Å². The summed E-state index contributed by atoms with van der Waals surface area (Å²) in [7, 11) is 1.90. The van der Waals surface area contributed by atoms with Gasteiger partial charge < -0.3 is 5.32 Å². The highest BCUT2D eigenvalue weighted by atomic mass is 15.4. The van der Waals surface area contributed by atoms with E-state index in [1.54, 1.807) is 4.68 Å². The number of hydrogen-bond donors (Lipinski definition) is 1. The Labute approximate surface area is 108 Å². The summed E-state index contributed by atoms with van der Waals surface area (Å²) in [5.41, 5.74) is 2.40. The topological polar surface area (TPSA) is 42.7 Å². The number of rotatable bonds is 6. The van der Waals surface area contributed by atoms with E-state index in [1.165, 1.54) is 5.56 Å². The standard InChI is InChI=1S/C14H20N4/c1-3-15-13(9-12-7-5-4-6-8-12)10-14-11-18(2)17-16-14/h4-8,11,13,15H,3,9-10H2,1-2H3. The van der Waals surface area contributed by atoms with Gasteiger partial charge in [0.15, 0.2) is 0 Å². The largest absolute Gasteiger partial charge is 0.314 e. The summed E-state index contributed by atoms with van der Waals surface area (Å²) in [5.74, 6) is 0. The first kappa shape index (κ1) is 12.8. The second-order valence-electron chi connectivity index (χ2n) is 4.53. The van der Waals surface area contributed by atoms with Crippen molar-refractivity contribution in [3.05, 3.63) is 47.8 Å². The maximum absolute atomic E-state index is 4.15. The van der Waals surface area contributed by atoms with Gasteiger partial charge in [-0.2, -0.15) is 0 Å². The van der Waals surface area contributed by atoms with Gasteiger partial charge in [0.25, 0.3) is 0 Å². The molecule has 0 saturated carbocycles. The predicted molar refractivity (Wildman–Crippen MR) is 72.3 cm³/mol. The molecule has 0 amide bonds. The van der Waals surface area contributed by atoms with Gasteiger partial charge >= 0.3 is 0 Å². The minimum absolute atomic E-state index is 0.411. The third kappa shape index (κ3) is 3.67. The fourth-order valence-electron chi connectivity index (χ4n) is 2.15. The Hall–Kier alpha value is -1.68. The minimum Gasteiger partial charge on any atom is -0.314 e. The average molecular weight is 244 g/mol. The Morgan fingerprint density at radius 1 is 1.22 bits per heavy atom. The van der Waals surface area contributed by atoms with E-state index in [2.05, 4.69) is 52.9 Å². The molecule has 1 aromatic carbocycles. The van der Waals surface area contributed by atoms with Crippen molar-refractivity contribution in [1.29, 1.82) is 0 Å². The third-order valence-electron chi connectivity index (χ3n) is 2.92. The highest BCUT2D eigenvalue weighted by Crippen LogP contribution is 2.07. The highest BCUT2D eigenvalue weighted by molar-refractivity contribution is 5.16. The number of likely N-dealkylation sites (N-methyl/N-ethyl adjacent to an activating group) is 1. The van der Waals surface area contributed by atoms with Crippen LogP contribution < -0.4 is 5.32 Å². The Bertz CT molecular complexity index is 464. The molecule has 0 radical (unpaired) electrons. The Balaban J connectivity index is 1.99. The van der Waals surface area contributed by atoms with Gasteiger partial charge in [-0.25, -0.2) is 0 Å². The van der Waals surface area contributed by atoms with Crippen molar-refractivity contribution >= 4 is 0 Å². The Morgan fingerprint density at radius 2 is 2.00 bits per heavy atom. The fourth-order valence-corrected chi connectivity index (χ4v) is 2.15. The minimum atomic E-state index is 0.411. The summed E-state index contributed by atoms with van der Waals surface area (Å²) in [5, 5.41) is 11.6. The van der Waals surface area contributed by atoms with E-state index in [9.17, 15) is 0 Å². The van der Waals surface area contributed by atoms with E-state index in [0.717, 1.165) is 25.1 Å².